The van der Waals surface area contributed by atoms with Gasteiger partial charge < -0.3 is 0 Å². The molecule has 2 aliphatic carbocycles. The third kappa shape index (κ3) is 2.71. The molecule has 0 bridgehead atoms. The van der Waals surface area contributed by atoms with Crippen LogP contribution < -0.4 is 0 Å². The average Bonchev–Trinajstić information content (AvgIpc) is 2.75. The minimum Gasteiger partial charge on any atom is -0.0848 e. The summed E-state index contributed by atoms with van der Waals surface area (Å²) in [4.78, 5) is 0. The quantitative estimate of drug-likeness (QED) is 0.465. The zero-order valence-corrected chi connectivity index (χ0v) is 18.2. The van der Waals surface area contributed by atoms with Crippen molar-refractivity contribution in [2.45, 2.75) is 88.5 Å². The van der Waals surface area contributed by atoms with Crippen molar-refractivity contribution in [3.05, 3.63) is 12.2 Å². The van der Waals surface area contributed by atoms with Crippen LogP contribution in [0.25, 0.3) is 0 Å². The molecule has 0 spiro atoms. The van der Waals surface area contributed by atoms with Gasteiger partial charge in [0, 0.05) is 0 Å². The third-order valence-corrected chi connectivity index (χ3v) is 9.87. The van der Waals surface area contributed by atoms with Crippen molar-refractivity contribution in [2.24, 2.45) is 51.8 Å². The summed E-state index contributed by atoms with van der Waals surface area (Å²) in [5, 5.41) is 0. The van der Waals surface area contributed by atoms with Crippen LogP contribution in [0, 0.1) is 51.8 Å². The highest BCUT2D eigenvalue weighted by Crippen LogP contribution is 2.63. The number of allylic oxidation sites excluding steroid dienone is 2. The van der Waals surface area contributed by atoms with E-state index in [1.165, 1.54) is 19.3 Å². The number of hydrogen-bond acceptors (Lipinski definition) is 0. The van der Waals surface area contributed by atoms with Gasteiger partial charge in [0.05, 0.1) is 0 Å². The highest BCUT2D eigenvalue weighted by Gasteiger charge is 2.56. The Labute approximate surface area is 152 Å². The second kappa shape index (κ2) is 6.48. The Bertz CT molecular complexity index is 470. The lowest BCUT2D eigenvalue weighted by atomic mass is 9.44. The van der Waals surface area contributed by atoms with Crippen molar-refractivity contribution in [2.75, 3.05) is 0 Å². The Morgan fingerprint density at radius 1 is 0.833 bits per heavy atom. The summed E-state index contributed by atoms with van der Waals surface area (Å²) in [5.41, 5.74) is 1.25. The van der Waals surface area contributed by atoms with Crippen molar-refractivity contribution < 1.29 is 0 Å². The lowest BCUT2D eigenvalue weighted by Crippen LogP contribution is -2.54. The van der Waals surface area contributed by atoms with Crippen LogP contribution in [-0.2, 0) is 0 Å². The molecule has 0 aromatic rings. The van der Waals surface area contributed by atoms with Crippen LogP contribution in [0.2, 0.25) is 0 Å². The summed E-state index contributed by atoms with van der Waals surface area (Å²) < 4.78 is 0. The zero-order chi connectivity index (χ0) is 18.5. The topological polar surface area (TPSA) is 0 Å². The van der Waals surface area contributed by atoms with Crippen LogP contribution >= 0.6 is 0 Å². The maximum absolute atomic E-state index is 2.62. The number of hydrogen-bond donors (Lipinski definition) is 0. The van der Waals surface area contributed by atoms with Crippen LogP contribution in [0.15, 0.2) is 12.2 Å². The molecule has 0 radical (unpaired) electrons. The molecule has 0 aromatic heterocycles. The second-order valence-corrected chi connectivity index (χ2v) is 10.8. The van der Waals surface area contributed by atoms with E-state index in [1.54, 1.807) is 0 Å². The molecule has 2 aliphatic rings. The molecule has 0 heterocycles. The predicted molar refractivity (Wildman–Crippen MR) is 108 cm³/mol. The van der Waals surface area contributed by atoms with Crippen molar-refractivity contribution in [3.63, 3.8) is 0 Å². The zero-order valence-electron chi connectivity index (χ0n) is 18.2. The molecule has 140 valence electrons. The van der Waals surface area contributed by atoms with E-state index in [4.69, 9.17) is 0 Å². The van der Waals surface area contributed by atoms with Crippen LogP contribution in [0.1, 0.15) is 88.5 Å². The van der Waals surface area contributed by atoms with Crippen molar-refractivity contribution in [3.8, 4) is 0 Å². The highest BCUT2D eigenvalue weighted by molar-refractivity contribution is 5.16. The van der Waals surface area contributed by atoms with Gasteiger partial charge >= 0.3 is 0 Å². The lowest BCUT2D eigenvalue weighted by Gasteiger charge is -2.60. The van der Waals surface area contributed by atoms with Crippen LogP contribution in [0.5, 0.6) is 0 Å². The van der Waals surface area contributed by atoms with Gasteiger partial charge in [-0.2, -0.15) is 0 Å². The van der Waals surface area contributed by atoms with Crippen LogP contribution in [0.4, 0.5) is 0 Å². The Balaban J connectivity index is 2.34. The molecule has 0 N–H and O–H groups in total. The maximum atomic E-state index is 2.62. The minimum atomic E-state index is 0.370. The Morgan fingerprint density at radius 2 is 1.33 bits per heavy atom. The summed E-state index contributed by atoms with van der Waals surface area (Å²) in [5.74, 6) is 4.57. The van der Waals surface area contributed by atoms with Gasteiger partial charge in [0.2, 0.25) is 0 Å². The van der Waals surface area contributed by atoms with Crippen molar-refractivity contribution in [1.82, 2.24) is 0 Å². The first-order valence-electron chi connectivity index (χ1n) is 10.6. The molecule has 7 atom stereocenters. The summed E-state index contributed by atoms with van der Waals surface area (Å²) >= 11 is 0. The Kier molecular flexibility index (Phi) is 5.41. The van der Waals surface area contributed by atoms with E-state index in [1.807, 2.05) is 0 Å². The second-order valence-electron chi connectivity index (χ2n) is 10.8. The molecule has 7 unspecified atom stereocenters. The minimum absolute atomic E-state index is 0.370. The fourth-order valence-corrected chi connectivity index (χ4v) is 6.53. The van der Waals surface area contributed by atoms with E-state index in [-0.39, 0.29) is 0 Å². The molecular formula is C24H44. The predicted octanol–water partition coefficient (Wildman–Crippen LogP) is 7.60. The van der Waals surface area contributed by atoms with Crippen molar-refractivity contribution in [1.29, 1.82) is 0 Å². The van der Waals surface area contributed by atoms with Gasteiger partial charge in [-0.15, -0.1) is 0 Å². The van der Waals surface area contributed by atoms with Gasteiger partial charge in [-0.1, -0.05) is 81.4 Å². The third-order valence-electron chi connectivity index (χ3n) is 9.87. The molecule has 0 aliphatic heterocycles. The average molecular weight is 333 g/mol. The van der Waals surface area contributed by atoms with Gasteiger partial charge in [0.25, 0.3) is 0 Å². The first kappa shape index (κ1) is 20.1. The van der Waals surface area contributed by atoms with Gasteiger partial charge in [0.1, 0.15) is 0 Å². The van der Waals surface area contributed by atoms with E-state index < -0.39 is 0 Å². The van der Waals surface area contributed by atoms with Gasteiger partial charge in [-0.05, 0) is 71.0 Å². The molecule has 1 fully saturated rings. The van der Waals surface area contributed by atoms with E-state index >= 15 is 0 Å². The Morgan fingerprint density at radius 3 is 1.75 bits per heavy atom. The van der Waals surface area contributed by atoms with Crippen LogP contribution in [-0.4, -0.2) is 0 Å². The van der Waals surface area contributed by atoms with Gasteiger partial charge in [-0.25, -0.2) is 0 Å². The molecule has 0 amide bonds. The fraction of sp³-hybridized carbons (Fsp3) is 0.917. The van der Waals surface area contributed by atoms with Crippen molar-refractivity contribution >= 4 is 0 Å². The van der Waals surface area contributed by atoms with Gasteiger partial charge in [0.15, 0.2) is 0 Å². The maximum Gasteiger partial charge on any atom is -0.0178 e. The lowest BCUT2D eigenvalue weighted by molar-refractivity contribution is -0.0976. The van der Waals surface area contributed by atoms with E-state index in [9.17, 15) is 0 Å². The molecule has 0 heteroatoms. The molecule has 2 rings (SSSR count). The van der Waals surface area contributed by atoms with E-state index in [2.05, 4.69) is 81.4 Å². The normalized spacial score (nSPS) is 46.5. The summed E-state index contributed by atoms with van der Waals surface area (Å²) in [7, 11) is 0. The smallest absolute Gasteiger partial charge is 0.0178 e. The first-order valence-corrected chi connectivity index (χ1v) is 10.6. The summed E-state index contributed by atoms with van der Waals surface area (Å²) in [6.07, 6.45) is 9.29. The van der Waals surface area contributed by atoms with Gasteiger partial charge in [-0.3, -0.25) is 0 Å². The monoisotopic (exact) mass is 332 g/mol. The highest BCUT2D eigenvalue weighted by atomic mass is 14.6. The fourth-order valence-electron chi connectivity index (χ4n) is 6.53. The molecule has 1 saturated carbocycles. The molecule has 0 aromatic carbocycles. The first-order chi connectivity index (χ1) is 10.9. The molecule has 0 saturated heterocycles. The molecule has 0 nitrogen and oxygen atoms in total. The molecule has 24 heavy (non-hydrogen) atoms. The largest absolute Gasteiger partial charge is 0.0848 e. The van der Waals surface area contributed by atoms with Crippen LogP contribution in [0.3, 0.4) is 0 Å². The molecular weight excluding hydrogens is 288 g/mol. The summed E-state index contributed by atoms with van der Waals surface area (Å²) in [6.45, 7) is 25.1. The standard InChI is InChI=1S/C24H44/c1-16(2)23(9)18(4)11-12-19(5)24(23,10)20(6)15-21-14-13-17(3)22(21,7)8/h11-12,16-21H,13-15H2,1-10H3. The van der Waals surface area contributed by atoms with E-state index in [0.717, 1.165) is 17.8 Å². The van der Waals surface area contributed by atoms with E-state index in [0.29, 0.717) is 34.0 Å². The Hall–Kier alpha value is -0.260. The summed E-state index contributed by atoms with van der Waals surface area (Å²) in [6, 6.07) is 0. The SMILES string of the molecule is CC1CCC(CC(C)C2(C)C(C)C=CC(C)C2(C)C(C)C)C1(C)C. The number of rotatable bonds is 4.